The lowest BCUT2D eigenvalue weighted by molar-refractivity contribution is -0.123. The number of benzene rings is 3. The number of hydrogen-bond donors (Lipinski definition) is 1. The number of aromatic nitrogens is 2. The van der Waals surface area contributed by atoms with Crippen LogP contribution in [-0.2, 0) is 9.59 Å². The van der Waals surface area contributed by atoms with Gasteiger partial charge in [-0.1, -0.05) is 68.4 Å². The molecule has 40 heavy (non-hydrogen) atoms. The minimum absolute atomic E-state index is 0.133. The van der Waals surface area contributed by atoms with Gasteiger partial charge < -0.3 is 5.32 Å². The maximum absolute atomic E-state index is 14.5. The minimum atomic E-state index is -0.382. The van der Waals surface area contributed by atoms with E-state index in [0.29, 0.717) is 18.1 Å². The highest BCUT2D eigenvalue weighted by Crippen LogP contribution is 2.48. The SMILES string of the molecule is Cc1cccc(-n2nc(-c3ccccc3)c3c2N(CC(=O)NCC(C)C)C(=O)CS[C@H]3c2cccc(F)c2)c1C. The molecule has 0 fully saturated rings. The number of carbonyl (C=O) groups excluding carboxylic acids is 2. The molecule has 6 nitrogen and oxygen atoms in total. The number of anilines is 1. The summed E-state index contributed by atoms with van der Waals surface area (Å²) in [6, 6.07) is 22.3. The first kappa shape index (κ1) is 27.6. The number of carbonyl (C=O) groups is 2. The smallest absolute Gasteiger partial charge is 0.240 e. The largest absolute Gasteiger partial charge is 0.354 e. The fourth-order valence-corrected chi connectivity index (χ4v) is 6.10. The molecule has 206 valence electrons. The van der Waals surface area contributed by atoms with E-state index < -0.39 is 0 Å². The first-order valence-corrected chi connectivity index (χ1v) is 14.5. The van der Waals surface area contributed by atoms with Gasteiger partial charge in [0.15, 0.2) is 0 Å². The monoisotopic (exact) mass is 556 g/mol. The molecule has 0 bridgehead atoms. The Morgan fingerprint density at radius 1 is 1.07 bits per heavy atom. The Labute approximate surface area is 238 Å². The molecule has 1 N–H and O–H groups in total. The molecular formula is C32H33FN4O2S. The summed E-state index contributed by atoms with van der Waals surface area (Å²) in [6.45, 7) is 8.49. The molecule has 1 aliphatic heterocycles. The molecule has 2 amide bonds. The van der Waals surface area contributed by atoms with Gasteiger partial charge in [0, 0.05) is 17.7 Å². The minimum Gasteiger partial charge on any atom is -0.354 e. The van der Waals surface area contributed by atoms with Crippen LogP contribution in [0.5, 0.6) is 0 Å². The zero-order chi connectivity index (χ0) is 28.4. The zero-order valence-corrected chi connectivity index (χ0v) is 24.0. The number of rotatable bonds is 7. The molecule has 5 rings (SSSR count). The van der Waals surface area contributed by atoms with Crippen LogP contribution in [0.15, 0.2) is 72.8 Å². The number of aryl methyl sites for hydroxylation is 1. The van der Waals surface area contributed by atoms with Gasteiger partial charge >= 0.3 is 0 Å². The molecular weight excluding hydrogens is 523 g/mol. The van der Waals surface area contributed by atoms with Crippen molar-refractivity contribution >= 4 is 29.4 Å². The van der Waals surface area contributed by atoms with Gasteiger partial charge in [-0.2, -0.15) is 5.10 Å². The molecule has 4 aromatic rings. The molecule has 3 aromatic carbocycles. The highest BCUT2D eigenvalue weighted by molar-refractivity contribution is 8.00. The summed E-state index contributed by atoms with van der Waals surface area (Å²) in [5.74, 6) is 0.166. The third-order valence-electron chi connectivity index (χ3n) is 7.10. The Morgan fingerprint density at radius 3 is 2.55 bits per heavy atom. The van der Waals surface area contributed by atoms with Crippen molar-refractivity contribution in [1.29, 1.82) is 0 Å². The second kappa shape index (κ2) is 11.7. The number of nitrogens with one attached hydrogen (secondary N) is 1. The Kier molecular flexibility index (Phi) is 8.07. The van der Waals surface area contributed by atoms with Crippen LogP contribution in [0.4, 0.5) is 10.2 Å². The standard InChI is InChI=1S/C32H33FN4O2S/c1-20(2)17-34-27(38)18-36-28(39)19-40-31(24-13-9-14-25(33)16-24)29-30(23-11-6-5-7-12-23)35-37(32(29)36)26-15-8-10-21(3)22(26)4/h5-16,20,31H,17-19H2,1-4H3,(H,34,38)/t31-/m0/s1. The lowest BCUT2D eigenvalue weighted by Crippen LogP contribution is -2.43. The average Bonchev–Trinajstić information content (AvgIpc) is 3.25. The molecule has 0 radical (unpaired) electrons. The van der Waals surface area contributed by atoms with Gasteiger partial charge in [-0.25, -0.2) is 9.07 Å². The van der Waals surface area contributed by atoms with Gasteiger partial charge in [0.1, 0.15) is 18.2 Å². The normalized spacial score (nSPS) is 15.2. The Hall–Kier alpha value is -3.91. The van der Waals surface area contributed by atoms with Crippen molar-refractivity contribution in [2.24, 2.45) is 5.92 Å². The number of halogens is 1. The van der Waals surface area contributed by atoms with Crippen LogP contribution in [0, 0.1) is 25.6 Å². The van der Waals surface area contributed by atoms with Crippen molar-refractivity contribution in [3.05, 3.63) is 101 Å². The number of thioether (sulfide) groups is 1. The lowest BCUT2D eigenvalue weighted by Gasteiger charge is -2.24. The van der Waals surface area contributed by atoms with Crippen molar-refractivity contribution in [3.63, 3.8) is 0 Å². The molecule has 1 aliphatic rings. The van der Waals surface area contributed by atoms with E-state index in [1.807, 2.05) is 82.3 Å². The van der Waals surface area contributed by atoms with Crippen molar-refractivity contribution in [2.75, 3.05) is 23.7 Å². The van der Waals surface area contributed by atoms with Crippen LogP contribution in [-0.4, -0.2) is 40.4 Å². The van der Waals surface area contributed by atoms with Crippen LogP contribution in [0.2, 0.25) is 0 Å². The van der Waals surface area contributed by atoms with Crippen molar-refractivity contribution < 1.29 is 14.0 Å². The van der Waals surface area contributed by atoms with Gasteiger partial charge in [-0.3, -0.25) is 14.5 Å². The molecule has 0 saturated carbocycles. The van der Waals surface area contributed by atoms with E-state index >= 15 is 0 Å². The topological polar surface area (TPSA) is 67.2 Å². The van der Waals surface area contributed by atoms with Gasteiger partial charge in [0.2, 0.25) is 11.8 Å². The second-order valence-electron chi connectivity index (χ2n) is 10.5. The van der Waals surface area contributed by atoms with Crippen LogP contribution in [0.1, 0.15) is 41.4 Å². The number of fused-ring (bicyclic) bond motifs is 1. The molecule has 0 unspecified atom stereocenters. The molecule has 0 spiro atoms. The lowest BCUT2D eigenvalue weighted by atomic mass is 9.99. The summed E-state index contributed by atoms with van der Waals surface area (Å²) >= 11 is 1.43. The highest BCUT2D eigenvalue weighted by atomic mass is 32.2. The number of amides is 2. The van der Waals surface area contributed by atoms with E-state index in [1.54, 1.807) is 15.6 Å². The Morgan fingerprint density at radius 2 is 1.82 bits per heavy atom. The van der Waals surface area contributed by atoms with E-state index in [4.69, 9.17) is 5.10 Å². The molecule has 1 aromatic heterocycles. The van der Waals surface area contributed by atoms with E-state index in [0.717, 1.165) is 33.5 Å². The summed E-state index contributed by atoms with van der Waals surface area (Å²) in [5, 5.41) is 7.69. The van der Waals surface area contributed by atoms with Crippen LogP contribution in [0.3, 0.4) is 0 Å². The molecule has 0 aliphatic carbocycles. The quantitative estimate of drug-likeness (QED) is 0.293. The Bertz CT molecular complexity index is 1550. The number of nitrogens with zero attached hydrogens (tertiary/aromatic N) is 3. The van der Waals surface area contributed by atoms with E-state index in [1.165, 1.54) is 23.9 Å². The van der Waals surface area contributed by atoms with Gasteiger partial charge in [0.05, 0.1) is 22.4 Å². The van der Waals surface area contributed by atoms with E-state index in [9.17, 15) is 14.0 Å². The summed E-state index contributed by atoms with van der Waals surface area (Å²) in [7, 11) is 0. The van der Waals surface area contributed by atoms with E-state index in [2.05, 4.69) is 5.32 Å². The van der Waals surface area contributed by atoms with Gasteiger partial charge in [-0.05, 0) is 54.7 Å². The van der Waals surface area contributed by atoms with Crippen molar-refractivity contribution in [2.45, 2.75) is 32.9 Å². The maximum atomic E-state index is 14.5. The van der Waals surface area contributed by atoms with Crippen LogP contribution in [0.25, 0.3) is 16.9 Å². The molecule has 8 heteroatoms. The van der Waals surface area contributed by atoms with Crippen LogP contribution >= 0.6 is 11.8 Å². The van der Waals surface area contributed by atoms with Gasteiger partial charge in [0.25, 0.3) is 0 Å². The van der Waals surface area contributed by atoms with Crippen molar-refractivity contribution in [1.82, 2.24) is 15.1 Å². The first-order chi connectivity index (χ1) is 19.2. The third kappa shape index (κ3) is 5.54. The highest BCUT2D eigenvalue weighted by Gasteiger charge is 2.38. The average molecular weight is 557 g/mol. The molecule has 1 atom stereocenters. The number of hydrogen-bond acceptors (Lipinski definition) is 4. The summed E-state index contributed by atoms with van der Waals surface area (Å²) in [5.41, 5.74) is 6.02. The van der Waals surface area contributed by atoms with Crippen LogP contribution < -0.4 is 10.2 Å². The first-order valence-electron chi connectivity index (χ1n) is 13.4. The van der Waals surface area contributed by atoms with E-state index in [-0.39, 0.29) is 41.1 Å². The van der Waals surface area contributed by atoms with Gasteiger partial charge in [-0.15, -0.1) is 11.8 Å². The predicted octanol–water partition coefficient (Wildman–Crippen LogP) is 6.24. The fraction of sp³-hybridized carbons (Fsp3) is 0.281. The van der Waals surface area contributed by atoms with Crippen molar-refractivity contribution in [3.8, 4) is 16.9 Å². The molecule has 2 heterocycles. The summed E-state index contributed by atoms with van der Waals surface area (Å²) < 4.78 is 16.3. The summed E-state index contributed by atoms with van der Waals surface area (Å²) in [4.78, 5) is 28.5. The third-order valence-corrected chi connectivity index (χ3v) is 8.36. The predicted molar refractivity (Wildman–Crippen MR) is 159 cm³/mol. The zero-order valence-electron chi connectivity index (χ0n) is 23.1. The Balaban J connectivity index is 1.80. The second-order valence-corrected chi connectivity index (χ2v) is 11.6. The maximum Gasteiger partial charge on any atom is 0.240 e. The summed E-state index contributed by atoms with van der Waals surface area (Å²) in [6.07, 6.45) is 0. The fourth-order valence-electron chi connectivity index (χ4n) is 4.91. The molecule has 0 saturated heterocycles.